The lowest BCUT2D eigenvalue weighted by Gasteiger charge is -2.02. The molecule has 25 heavy (non-hydrogen) atoms. The van der Waals surface area contributed by atoms with Gasteiger partial charge in [-0.25, -0.2) is 15.0 Å². The molecule has 0 saturated heterocycles. The Bertz CT molecular complexity index is 1080. The molecule has 0 aliphatic rings. The van der Waals surface area contributed by atoms with Gasteiger partial charge in [0.1, 0.15) is 9.71 Å². The maximum Gasteiger partial charge on any atom is 0.269 e. The number of nitrogens with two attached hydrogens (primary N) is 1. The lowest BCUT2D eigenvalue weighted by molar-refractivity contribution is 0.103. The highest BCUT2D eigenvalue weighted by Gasteiger charge is 2.21. The average molecular weight is 388 g/mol. The molecule has 1 amide bonds. The Kier molecular flexibility index (Phi) is 3.98. The predicted octanol–water partition coefficient (Wildman–Crippen LogP) is 4.33. The quantitative estimate of drug-likeness (QED) is 0.546. The van der Waals surface area contributed by atoms with Gasteiger partial charge in [0.15, 0.2) is 11.0 Å². The largest absolute Gasteiger partial charge is 0.397 e. The number of nitrogens with zero attached hydrogens (tertiary/aromatic N) is 3. The summed E-state index contributed by atoms with van der Waals surface area (Å²) in [5.41, 5.74) is 7.41. The van der Waals surface area contributed by atoms with E-state index in [1.54, 1.807) is 17.5 Å². The number of carbonyl (C=O) groups excluding carboxylic acids is 1. The monoisotopic (exact) mass is 387 g/mol. The van der Waals surface area contributed by atoms with Crippen molar-refractivity contribution in [2.24, 2.45) is 0 Å². The summed E-state index contributed by atoms with van der Waals surface area (Å²) in [6, 6.07) is 3.93. The van der Waals surface area contributed by atoms with Crippen molar-refractivity contribution in [3.8, 4) is 10.7 Å². The maximum absolute atomic E-state index is 12.6. The van der Waals surface area contributed by atoms with Crippen LogP contribution in [-0.4, -0.2) is 20.9 Å². The minimum Gasteiger partial charge on any atom is -0.397 e. The van der Waals surface area contributed by atoms with Crippen molar-refractivity contribution in [2.75, 3.05) is 11.1 Å². The van der Waals surface area contributed by atoms with Gasteiger partial charge in [-0.2, -0.15) is 0 Å². The number of carbonyl (C=O) groups is 1. The molecular weight excluding hydrogens is 374 g/mol. The topological polar surface area (TPSA) is 93.8 Å². The summed E-state index contributed by atoms with van der Waals surface area (Å²) in [6.07, 6.45) is 1.72. The third kappa shape index (κ3) is 2.90. The zero-order chi connectivity index (χ0) is 17.6. The van der Waals surface area contributed by atoms with E-state index in [0.29, 0.717) is 26.4 Å². The molecule has 4 aromatic heterocycles. The number of anilines is 2. The van der Waals surface area contributed by atoms with E-state index in [1.807, 2.05) is 31.4 Å². The van der Waals surface area contributed by atoms with E-state index in [0.717, 1.165) is 20.8 Å². The van der Waals surface area contributed by atoms with Gasteiger partial charge in [-0.15, -0.1) is 34.0 Å². The van der Waals surface area contributed by atoms with Crippen LogP contribution in [0, 0.1) is 13.8 Å². The first-order valence-electron chi connectivity index (χ1n) is 7.37. The number of nitrogen functional groups attached to an aromatic ring is 1. The van der Waals surface area contributed by atoms with E-state index in [4.69, 9.17) is 5.73 Å². The molecule has 0 bridgehead atoms. The zero-order valence-electron chi connectivity index (χ0n) is 13.4. The molecule has 0 aromatic carbocycles. The van der Waals surface area contributed by atoms with E-state index in [9.17, 15) is 4.79 Å². The zero-order valence-corrected chi connectivity index (χ0v) is 15.8. The molecule has 3 N–H and O–H groups in total. The van der Waals surface area contributed by atoms with Gasteiger partial charge in [0.05, 0.1) is 21.6 Å². The molecule has 0 aliphatic carbocycles. The van der Waals surface area contributed by atoms with E-state index < -0.39 is 0 Å². The fourth-order valence-corrected chi connectivity index (χ4v) is 4.80. The lowest BCUT2D eigenvalue weighted by atomic mass is 10.2. The summed E-state index contributed by atoms with van der Waals surface area (Å²) < 4.78 is 0. The van der Waals surface area contributed by atoms with Crippen LogP contribution in [0.25, 0.3) is 20.9 Å². The van der Waals surface area contributed by atoms with Gasteiger partial charge in [0.2, 0.25) is 0 Å². The molecule has 0 fully saturated rings. The normalized spacial score (nSPS) is 11.1. The third-order valence-corrected chi connectivity index (χ3v) is 6.35. The van der Waals surface area contributed by atoms with Crippen LogP contribution in [0.1, 0.15) is 20.2 Å². The van der Waals surface area contributed by atoms with Crippen LogP contribution in [0.4, 0.5) is 10.8 Å². The number of thiophene rings is 2. The molecule has 0 radical (unpaired) electrons. The highest BCUT2D eigenvalue weighted by atomic mass is 32.1. The van der Waals surface area contributed by atoms with Crippen LogP contribution in [0.5, 0.6) is 0 Å². The number of hydrogen-bond acceptors (Lipinski definition) is 8. The minimum absolute atomic E-state index is 0.271. The van der Waals surface area contributed by atoms with Crippen molar-refractivity contribution in [3.63, 3.8) is 0 Å². The Morgan fingerprint density at radius 1 is 1.24 bits per heavy atom. The van der Waals surface area contributed by atoms with Crippen LogP contribution in [-0.2, 0) is 0 Å². The molecule has 0 aliphatic heterocycles. The second kappa shape index (κ2) is 6.17. The molecule has 6 nitrogen and oxygen atoms in total. The van der Waals surface area contributed by atoms with Gasteiger partial charge < -0.3 is 5.73 Å². The van der Waals surface area contributed by atoms with Gasteiger partial charge >= 0.3 is 0 Å². The van der Waals surface area contributed by atoms with Crippen molar-refractivity contribution < 1.29 is 4.79 Å². The van der Waals surface area contributed by atoms with Crippen molar-refractivity contribution in [3.05, 3.63) is 39.2 Å². The highest BCUT2D eigenvalue weighted by molar-refractivity contribution is 7.21. The second-order valence-electron chi connectivity index (χ2n) is 5.37. The molecule has 0 unspecified atom stereocenters. The third-order valence-electron chi connectivity index (χ3n) is 3.56. The molecule has 0 atom stereocenters. The smallest absolute Gasteiger partial charge is 0.269 e. The first-order valence-corrected chi connectivity index (χ1v) is 9.88. The fourth-order valence-electron chi connectivity index (χ4n) is 2.45. The maximum atomic E-state index is 12.6. The predicted molar refractivity (Wildman–Crippen MR) is 105 cm³/mol. The van der Waals surface area contributed by atoms with Crippen LogP contribution in [0.15, 0.2) is 23.7 Å². The van der Waals surface area contributed by atoms with Crippen molar-refractivity contribution in [2.45, 2.75) is 13.8 Å². The summed E-state index contributed by atoms with van der Waals surface area (Å²) in [6.45, 7) is 3.82. The lowest BCUT2D eigenvalue weighted by Crippen LogP contribution is -2.11. The van der Waals surface area contributed by atoms with Crippen LogP contribution in [0.3, 0.4) is 0 Å². The van der Waals surface area contributed by atoms with E-state index >= 15 is 0 Å². The molecule has 4 aromatic rings. The first kappa shape index (κ1) is 16.1. The molecule has 0 spiro atoms. The Balaban J connectivity index is 1.76. The Morgan fingerprint density at radius 3 is 2.76 bits per heavy atom. The molecular formula is C16H13N5OS3. The van der Waals surface area contributed by atoms with E-state index in [2.05, 4.69) is 20.3 Å². The number of hydrogen-bond donors (Lipinski definition) is 2. The first-order chi connectivity index (χ1) is 12.0. The summed E-state index contributed by atoms with van der Waals surface area (Å²) in [7, 11) is 0. The minimum atomic E-state index is -0.271. The Labute approximate surface area is 155 Å². The summed E-state index contributed by atoms with van der Waals surface area (Å²) >= 11 is 4.28. The number of fused-ring (bicyclic) bond motifs is 1. The van der Waals surface area contributed by atoms with Gasteiger partial charge in [0.25, 0.3) is 5.91 Å². The molecule has 126 valence electrons. The number of nitrogens with one attached hydrogen (secondary N) is 1. The summed E-state index contributed by atoms with van der Waals surface area (Å²) in [5.74, 6) is 0.385. The number of aryl methyl sites for hydroxylation is 2. The number of amides is 1. The Morgan fingerprint density at radius 2 is 2.08 bits per heavy atom. The van der Waals surface area contributed by atoms with Crippen LogP contribution >= 0.6 is 34.0 Å². The average Bonchev–Trinajstić information content (AvgIpc) is 3.28. The van der Waals surface area contributed by atoms with Gasteiger partial charge in [-0.05, 0) is 25.3 Å². The number of aromatic nitrogens is 3. The van der Waals surface area contributed by atoms with Gasteiger partial charge in [-0.3, -0.25) is 10.1 Å². The van der Waals surface area contributed by atoms with E-state index in [1.165, 1.54) is 22.7 Å². The van der Waals surface area contributed by atoms with Crippen LogP contribution < -0.4 is 11.1 Å². The number of thiazole rings is 1. The van der Waals surface area contributed by atoms with E-state index in [-0.39, 0.29) is 5.91 Å². The summed E-state index contributed by atoms with van der Waals surface area (Å²) in [5, 5.41) is 6.08. The molecule has 4 rings (SSSR count). The molecule has 4 heterocycles. The SMILES string of the molecule is Cc1cnc(NC(=O)c2sc3nc(-c4cccs4)nc(C)c3c2N)s1. The summed E-state index contributed by atoms with van der Waals surface area (Å²) in [4.78, 5) is 29.0. The molecule has 9 heteroatoms. The van der Waals surface area contributed by atoms with Crippen molar-refractivity contribution >= 4 is 61.0 Å². The van der Waals surface area contributed by atoms with Crippen LogP contribution in [0.2, 0.25) is 0 Å². The number of rotatable bonds is 3. The highest BCUT2D eigenvalue weighted by Crippen LogP contribution is 2.36. The standard InChI is InChI=1S/C16H13N5OS3/c1-7-6-18-16(24-7)21-14(22)12-11(17)10-8(2)19-13(20-15(10)25-12)9-4-3-5-23-9/h3-6H,17H2,1-2H3,(H,18,21,22). The fraction of sp³-hybridized carbons (Fsp3) is 0.125. The molecule has 0 saturated carbocycles. The van der Waals surface area contributed by atoms with Crippen molar-refractivity contribution in [1.29, 1.82) is 0 Å². The van der Waals surface area contributed by atoms with Gasteiger partial charge in [0, 0.05) is 11.1 Å². The second-order valence-corrected chi connectivity index (χ2v) is 8.55. The van der Waals surface area contributed by atoms with Gasteiger partial charge in [-0.1, -0.05) is 6.07 Å². The van der Waals surface area contributed by atoms with Crippen molar-refractivity contribution in [1.82, 2.24) is 15.0 Å². The Hall–Kier alpha value is -2.36.